The molecule has 5 nitrogen and oxygen atoms in total. The van der Waals surface area contributed by atoms with E-state index in [0.717, 1.165) is 64.2 Å². The van der Waals surface area contributed by atoms with Gasteiger partial charge in [0.2, 0.25) is 12.1 Å². The van der Waals surface area contributed by atoms with E-state index in [-0.39, 0.29) is 17.8 Å². The number of esters is 1. The summed E-state index contributed by atoms with van der Waals surface area (Å²) in [6.07, 6.45) is 9.25. The second-order valence-corrected chi connectivity index (χ2v) is 8.98. The van der Waals surface area contributed by atoms with Crippen molar-refractivity contribution in [1.29, 1.82) is 0 Å². The Morgan fingerprint density at radius 2 is 1.85 bits per heavy atom. The summed E-state index contributed by atoms with van der Waals surface area (Å²) in [7, 11) is 0. The number of unbranched alkanes of at least 4 members (excludes halogenated alkanes) is 2. The molecular formula is C21H34O5. The van der Waals surface area contributed by atoms with Gasteiger partial charge in [-0.1, -0.05) is 40.0 Å². The molecule has 0 aromatic heterocycles. The number of carbonyl (C=O) groups is 1. The quantitative estimate of drug-likeness (QED) is 0.502. The molecule has 1 aliphatic carbocycles. The van der Waals surface area contributed by atoms with Crippen LogP contribution in [0.25, 0.3) is 0 Å². The molecular weight excluding hydrogens is 332 g/mol. The Morgan fingerprint density at radius 1 is 1.04 bits per heavy atom. The molecule has 0 radical (unpaired) electrons. The lowest BCUT2D eigenvalue weighted by Crippen LogP contribution is -2.70. The zero-order valence-electron chi connectivity index (χ0n) is 16.5. The minimum atomic E-state index is -0.746. The van der Waals surface area contributed by atoms with Crippen LogP contribution in [0, 0.1) is 23.7 Å². The largest absolute Gasteiger partial charge is 0.432 e. The molecule has 0 aromatic rings. The molecule has 4 aliphatic heterocycles. The number of hydrogen-bond acceptors (Lipinski definition) is 5. The molecule has 4 heterocycles. The van der Waals surface area contributed by atoms with Gasteiger partial charge in [-0.3, -0.25) is 4.79 Å². The molecule has 5 fully saturated rings. The molecule has 7 atom stereocenters. The van der Waals surface area contributed by atoms with Crippen LogP contribution in [0.15, 0.2) is 0 Å². The van der Waals surface area contributed by atoms with Crippen molar-refractivity contribution in [3.8, 4) is 0 Å². The third kappa shape index (κ3) is 2.73. The smallest absolute Gasteiger partial charge is 0.311 e. The van der Waals surface area contributed by atoms with E-state index in [4.69, 9.17) is 19.2 Å². The molecule has 4 unspecified atom stereocenters. The van der Waals surface area contributed by atoms with Crippen molar-refractivity contribution in [2.45, 2.75) is 103 Å². The van der Waals surface area contributed by atoms with Crippen molar-refractivity contribution in [1.82, 2.24) is 0 Å². The van der Waals surface area contributed by atoms with Gasteiger partial charge in [-0.2, -0.15) is 0 Å². The highest BCUT2D eigenvalue weighted by Crippen LogP contribution is 2.61. The number of hydrogen-bond donors (Lipinski definition) is 0. The maximum Gasteiger partial charge on any atom is 0.311 e. The third-order valence-corrected chi connectivity index (χ3v) is 7.43. The van der Waals surface area contributed by atoms with E-state index in [1.165, 1.54) is 0 Å². The molecule has 0 aromatic carbocycles. The highest BCUT2D eigenvalue weighted by molar-refractivity contribution is 5.74. The van der Waals surface area contributed by atoms with Crippen LogP contribution in [-0.4, -0.2) is 23.6 Å². The maximum atomic E-state index is 12.8. The van der Waals surface area contributed by atoms with E-state index in [9.17, 15) is 4.79 Å². The predicted molar refractivity (Wildman–Crippen MR) is 95.7 cm³/mol. The van der Waals surface area contributed by atoms with E-state index >= 15 is 0 Å². The maximum absolute atomic E-state index is 12.8. The number of rotatable bonds is 6. The molecule has 2 bridgehead atoms. The molecule has 26 heavy (non-hydrogen) atoms. The Balaban J connectivity index is 1.69. The summed E-state index contributed by atoms with van der Waals surface area (Å²) in [6.45, 7) is 6.64. The Morgan fingerprint density at radius 3 is 2.62 bits per heavy atom. The van der Waals surface area contributed by atoms with E-state index in [1.54, 1.807) is 0 Å². The fourth-order valence-electron chi connectivity index (χ4n) is 5.95. The van der Waals surface area contributed by atoms with E-state index < -0.39 is 17.7 Å². The molecule has 0 amide bonds. The lowest BCUT2D eigenvalue weighted by Gasteiger charge is -2.58. The Kier molecular flexibility index (Phi) is 5.08. The van der Waals surface area contributed by atoms with Crippen LogP contribution in [-0.2, 0) is 24.0 Å². The predicted octanol–water partition coefficient (Wildman–Crippen LogP) is 4.74. The van der Waals surface area contributed by atoms with Crippen LogP contribution in [0.5, 0.6) is 0 Å². The molecule has 0 N–H and O–H groups in total. The monoisotopic (exact) mass is 366 g/mol. The van der Waals surface area contributed by atoms with Gasteiger partial charge in [-0.25, -0.2) is 9.78 Å². The van der Waals surface area contributed by atoms with Crippen LogP contribution in [0.4, 0.5) is 0 Å². The average Bonchev–Trinajstić information content (AvgIpc) is 2.88. The summed E-state index contributed by atoms with van der Waals surface area (Å²) in [5, 5.41) is 0. The lowest BCUT2D eigenvalue weighted by molar-refractivity contribution is -0.564. The first-order valence-electron chi connectivity index (χ1n) is 10.8. The Labute approximate surface area is 157 Å². The zero-order chi connectivity index (χ0) is 18.4. The fourth-order valence-corrected chi connectivity index (χ4v) is 5.95. The van der Waals surface area contributed by atoms with E-state index in [0.29, 0.717) is 11.8 Å². The van der Waals surface area contributed by atoms with Crippen molar-refractivity contribution < 1.29 is 24.0 Å². The number of fused-ring (bicyclic) bond motifs is 2. The molecule has 5 aliphatic rings. The second kappa shape index (κ2) is 7.06. The highest BCUT2D eigenvalue weighted by Gasteiger charge is 2.70. The van der Waals surface area contributed by atoms with Crippen LogP contribution in [0.2, 0.25) is 0 Å². The van der Waals surface area contributed by atoms with Crippen LogP contribution < -0.4 is 0 Å². The van der Waals surface area contributed by atoms with Crippen LogP contribution in [0.1, 0.15) is 85.0 Å². The van der Waals surface area contributed by atoms with Gasteiger partial charge in [-0.15, -0.1) is 0 Å². The summed E-state index contributed by atoms with van der Waals surface area (Å²) < 4.78 is 12.3. The minimum Gasteiger partial charge on any atom is -0.432 e. The Bertz CT molecular complexity index is 536. The molecule has 1 saturated carbocycles. The molecule has 4 saturated heterocycles. The van der Waals surface area contributed by atoms with Crippen LogP contribution >= 0.6 is 0 Å². The van der Waals surface area contributed by atoms with Gasteiger partial charge in [0.25, 0.3) is 0 Å². The number of carbonyl (C=O) groups excluding carboxylic acids is 1. The standard InChI is InChI=1S/C21H34O5/c1-4-6-8-15-17-10-9-14(3)16-11-13-20(12-7-5-2)24-19(23-18(15)22)21(16,17)26-25-20/h14-17,19H,4-13H2,1-3H3/t14-,15-,16+,17?,19?,20?,21?/m1/s1. The normalized spacial score (nSPS) is 47.2. The van der Waals surface area contributed by atoms with Gasteiger partial charge in [0.15, 0.2) is 5.60 Å². The molecule has 5 heteroatoms. The highest BCUT2D eigenvalue weighted by atomic mass is 17.3. The topological polar surface area (TPSA) is 54.0 Å². The zero-order valence-corrected chi connectivity index (χ0v) is 16.5. The third-order valence-electron chi connectivity index (χ3n) is 7.43. The summed E-state index contributed by atoms with van der Waals surface area (Å²) in [5.74, 6) is 0.0797. The molecule has 148 valence electrons. The summed E-state index contributed by atoms with van der Waals surface area (Å²) in [6, 6.07) is 0. The van der Waals surface area contributed by atoms with Gasteiger partial charge >= 0.3 is 5.97 Å². The SMILES string of the molecule is CCCC[C@H]1C(=O)OC2OC3(CCCC)CC[C@H]4[C@H](C)CCC1C24OO3. The first-order valence-corrected chi connectivity index (χ1v) is 10.8. The van der Waals surface area contributed by atoms with Gasteiger partial charge in [-0.05, 0) is 38.0 Å². The van der Waals surface area contributed by atoms with Crippen molar-refractivity contribution in [2.75, 3.05) is 0 Å². The van der Waals surface area contributed by atoms with Gasteiger partial charge in [0, 0.05) is 24.7 Å². The van der Waals surface area contributed by atoms with Gasteiger partial charge in [0.05, 0.1) is 5.92 Å². The van der Waals surface area contributed by atoms with Crippen molar-refractivity contribution in [3.05, 3.63) is 0 Å². The second-order valence-electron chi connectivity index (χ2n) is 8.98. The minimum absolute atomic E-state index is 0.0883. The van der Waals surface area contributed by atoms with Crippen LogP contribution in [0.3, 0.4) is 0 Å². The average molecular weight is 366 g/mol. The van der Waals surface area contributed by atoms with Gasteiger partial charge < -0.3 is 9.47 Å². The van der Waals surface area contributed by atoms with Crippen molar-refractivity contribution in [3.63, 3.8) is 0 Å². The summed E-state index contributed by atoms with van der Waals surface area (Å²) in [4.78, 5) is 25.1. The number of ether oxygens (including phenoxy) is 2. The summed E-state index contributed by atoms with van der Waals surface area (Å²) >= 11 is 0. The lowest BCUT2D eigenvalue weighted by atomic mass is 9.57. The molecule has 1 spiro atoms. The molecule has 5 rings (SSSR count). The van der Waals surface area contributed by atoms with E-state index in [1.807, 2.05) is 0 Å². The Hall–Kier alpha value is -0.650. The first kappa shape index (κ1) is 18.7. The first-order chi connectivity index (χ1) is 12.6. The van der Waals surface area contributed by atoms with E-state index in [2.05, 4.69) is 20.8 Å². The van der Waals surface area contributed by atoms with Crippen molar-refractivity contribution >= 4 is 5.97 Å². The van der Waals surface area contributed by atoms with Crippen molar-refractivity contribution in [2.24, 2.45) is 23.7 Å². The fraction of sp³-hybridized carbons (Fsp3) is 0.952. The summed E-state index contributed by atoms with van der Waals surface area (Å²) in [5.41, 5.74) is -0.615. The van der Waals surface area contributed by atoms with Gasteiger partial charge in [0.1, 0.15) is 0 Å².